The molecule has 5 nitrogen and oxygen atoms in total. The fourth-order valence-electron chi connectivity index (χ4n) is 4.48. The number of hydrogen-bond donors (Lipinski definition) is 0. The Bertz CT molecular complexity index is 1190. The second kappa shape index (κ2) is 7.39. The second-order valence-corrected chi connectivity index (χ2v) is 8.97. The van der Waals surface area contributed by atoms with Gasteiger partial charge in [-0.05, 0) is 48.0 Å². The van der Waals surface area contributed by atoms with E-state index in [-0.39, 0.29) is 18.4 Å². The van der Waals surface area contributed by atoms with Gasteiger partial charge in [0.15, 0.2) is 0 Å². The topological polar surface area (TPSA) is 49.9 Å². The number of benzene rings is 3. The van der Waals surface area contributed by atoms with E-state index in [0.717, 1.165) is 15.6 Å². The van der Waals surface area contributed by atoms with Gasteiger partial charge in [-0.25, -0.2) is 0 Å². The molecular weight excluding hydrogens is 480 g/mol. The number of fused-ring (bicyclic) bond motifs is 3. The summed E-state index contributed by atoms with van der Waals surface area (Å²) in [5.41, 5.74) is 1.36. The monoisotopic (exact) mass is 496 g/mol. The summed E-state index contributed by atoms with van der Waals surface area (Å²) in [7, 11) is 1.72. The lowest BCUT2D eigenvalue weighted by molar-refractivity contribution is -0.177. The minimum absolute atomic E-state index is 0.0449. The first kappa shape index (κ1) is 20.1. The molecule has 1 saturated heterocycles. The number of amides is 2. The summed E-state index contributed by atoms with van der Waals surface area (Å²) in [6, 6.07) is 22.4. The molecule has 7 heteroatoms. The molecule has 2 atom stereocenters. The number of carbonyl (C=O) groups excluding carboxylic acids is 2. The summed E-state index contributed by atoms with van der Waals surface area (Å²) >= 11 is 9.83. The SMILES string of the molecule is CN1C(=O)CN2C(=O)C(Oc3ccc(Br)cc3)C2(c2ccccc2)c2cc(Cl)ccc21. The third-order valence-corrected chi connectivity index (χ3v) is 6.74. The molecule has 0 saturated carbocycles. The van der Waals surface area contributed by atoms with Gasteiger partial charge < -0.3 is 14.5 Å². The molecule has 0 aromatic heterocycles. The van der Waals surface area contributed by atoms with Crippen LogP contribution >= 0.6 is 27.5 Å². The van der Waals surface area contributed by atoms with Crippen LogP contribution in [-0.2, 0) is 15.1 Å². The van der Waals surface area contributed by atoms with Crippen LogP contribution in [0, 0.1) is 0 Å². The number of β-lactam (4-membered cyclic amide) rings is 1. The molecule has 1 fully saturated rings. The van der Waals surface area contributed by atoms with Crippen LogP contribution in [0.5, 0.6) is 5.75 Å². The Hall–Kier alpha value is -2.83. The summed E-state index contributed by atoms with van der Waals surface area (Å²) < 4.78 is 7.20. The van der Waals surface area contributed by atoms with Crippen LogP contribution in [0.15, 0.2) is 77.3 Å². The first-order chi connectivity index (χ1) is 14.9. The van der Waals surface area contributed by atoms with Gasteiger partial charge in [-0.2, -0.15) is 0 Å². The smallest absolute Gasteiger partial charge is 0.268 e. The van der Waals surface area contributed by atoms with Crippen LogP contribution in [0.2, 0.25) is 5.02 Å². The maximum atomic E-state index is 13.3. The summed E-state index contributed by atoms with van der Waals surface area (Å²) in [6.07, 6.45) is -0.840. The van der Waals surface area contributed by atoms with Gasteiger partial charge >= 0.3 is 0 Å². The van der Waals surface area contributed by atoms with Crippen molar-refractivity contribution in [1.29, 1.82) is 0 Å². The molecule has 31 heavy (non-hydrogen) atoms. The molecule has 2 unspecified atom stereocenters. The maximum absolute atomic E-state index is 13.3. The van der Waals surface area contributed by atoms with Gasteiger partial charge in [-0.1, -0.05) is 57.9 Å². The molecule has 0 bridgehead atoms. The predicted octanol–water partition coefficient (Wildman–Crippen LogP) is 4.61. The molecule has 2 amide bonds. The minimum Gasteiger partial charge on any atom is -0.477 e. The van der Waals surface area contributed by atoms with Crippen molar-refractivity contribution >= 4 is 45.0 Å². The largest absolute Gasteiger partial charge is 0.477 e. The molecule has 0 spiro atoms. The zero-order chi connectivity index (χ0) is 21.8. The lowest BCUT2D eigenvalue weighted by Crippen LogP contribution is -2.74. The van der Waals surface area contributed by atoms with E-state index < -0.39 is 11.6 Å². The van der Waals surface area contributed by atoms with Crippen LogP contribution in [-0.4, -0.2) is 36.4 Å². The van der Waals surface area contributed by atoms with E-state index in [0.29, 0.717) is 16.5 Å². The van der Waals surface area contributed by atoms with Crippen LogP contribution in [0.3, 0.4) is 0 Å². The van der Waals surface area contributed by atoms with Crippen molar-refractivity contribution in [2.45, 2.75) is 11.6 Å². The summed E-state index contributed by atoms with van der Waals surface area (Å²) in [6.45, 7) is -0.0449. The Morgan fingerprint density at radius 3 is 2.45 bits per heavy atom. The Morgan fingerprint density at radius 2 is 1.74 bits per heavy atom. The molecule has 3 aromatic carbocycles. The van der Waals surface area contributed by atoms with Crippen molar-refractivity contribution in [3.63, 3.8) is 0 Å². The summed E-state index contributed by atoms with van der Waals surface area (Å²) in [4.78, 5) is 29.4. The normalized spacial score (nSPS) is 22.4. The molecule has 0 aliphatic carbocycles. The first-order valence-corrected chi connectivity index (χ1v) is 11.0. The van der Waals surface area contributed by atoms with Crippen LogP contribution in [0.4, 0.5) is 5.69 Å². The van der Waals surface area contributed by atoms with Gasteiger partial charge in [0.1, 0.15) is 17.8 Å². The van der Waals surface area contributed by atoms with Crippen LogP contribution in [0.1, 0.15) is 11.1 Å². The van der Waals surface area contributed by atoms with E-state index >= 15 is 0 Å². The van der Waals surface area contributed by atoms with E-state index in [4.69, 9.17) is 16.3 Å². The lowest BCUT2D eigenvalue weighted by atomic mass is 9.69. The highest BCUT2D eigenvalue weighted by atomic mass is 79.9. The van der Waals surface area contributed by atoms with Crippen molar-refractivity contribution in [3.05, 3.63) is 93.4 Å². The summed E-state index contributed by atoms with van der Waals surface area (Å²) in [5, 5.41) is 0.526. The van der Waals surface area contributed by atoms with Gasteiger partial charge in [0.25, 0.3) is 5.91 Å². The molecular formula is C24H18BrClN2O3. The molecule has 3 aromatic rings. The highest BCUT2D eigenvalue weighted by Gasteiger charge is 2.66. The van der Waals surface area contributed by atoms with Crippen molar-refractivity contribution in [1.82, 2.24) is 4.90 Å². The fraction of sp³-hybridized carbons (Fsp3) is 0.167. The Balaban J connectivity index is 1.76. The number of hydrogen-bond acceptors (Lipinski definition) is 3. The number of likely N-dealkylation sites (N-methyl/N-ethyl adjacent to an activating group) is 1. The standard InChI is InChI=1S/C24H18BrClN2O3/c1-27-20-12-9-17(26)13-19(20)24(15-5-3-2-4-6-15)22(23(30)28(24)14-21(27)29)31-18-10-7-16(25)8-11-18/h2-13,22H,14H2,1H3. The highest BCUT2D eigenvalue weighted by molar-refractivity contribution is 9.10. The number of nitrogens with zero attached hydrogens (tertiary/aromatic N) is 2. The quantitative estimate of drug-likeness (QED) is 0.497. The van der Waals surface area contributed by atoms with Crippen LogP contribution < -0.4 is 9.64 Å². The van der Waals surface area contributed by atoms with Crippen LogP contribution in [0.25, 0.3) is 0 Å². The predicted molar refractivity (Wildman–Crippen MR) is 122 cm³/mol. The number of rotatable bonds is 3. The molecule has 0 radical (unpaired) electrons. The molecule has 5 rings (SSSR count). The van der Waals surface area contributed by atoms with Crippen molar-refractivity contribution in [2.24, 2.45) is 0 Å². The highest BCUT2D eigenvalue weighted by Crippen LogP contribution is 2.53. The average Bonchev–Trinajstić information content (AvgIpc) is 2.86. The van der Waals surface area contributed by atoms with E-state index in [2.05, 4.69) is 15.9 Å². The Kier molecular flexibility index (Phi) is 4.79. The average molecular weight is 498 g/mol. The zero-order valence-electron chi connectivity index (χ0n) is 16.6. The number of carbonyl (C=O) groups is 2. The van der Waals surface area contributed by atoms with E-state index in [1.54, 1.807) is 22.9 Å². The van der Waals surface area contributed by atoms with E-state index in [1.807, 2.05) is 66.7 Å². The first-order valence-electron chi connectivity index (χ1n) is 9.78. The third-order valence-electron chi connectivity index (χ3n) is 5.98. The molecule has 0 N–H and O–H groups in total. The summed E-state index contributed by atoms with van der Waals surface area (Å²) in [5.74, 6) is 0.169. The van der Waals surface area contributed by atoms with E-state index in [1.165, 1.54) is 0 Å². The van der Waals surface area contributed by atoms with Crippen molar-refractivity contribution in [2.75, 3.05) is 18.5 Å². The number of ether oxygens (including phenoxy) is 1. The molecule has 156 valence electrons. The molecule has 2 aliphatic rings. The second-order valence-electron chi connectivity index (χ2n) is 7.62. The van der Waals surface area contributed by atoms with Gasteiger partial charge in [0.2, 0.25) is 12.0 Å². The maximum Gasteiger partial charge on any atom is 0.268 e. The van der Waals surface area contributed by atoms with Gasteiger partial charge in [0.05, 0.1) is 0 Å². The van der Waals surface area contributed by atoms with Crippen molar-refractivity contribution in [3.8, 4) is 5.75 Å². The fourth-order valence-corrected chi connectivity index (χ4v) is 4.92. The lowest BCUT2D eigenvalue weighted by Gasteiger charge is -2.56. The van der Waals surface area contributed by atoms with Crippen molar-refractivity contribution < 1.29 is 14.3 Å². The Morgan fingerprint density at radius 1 is 1.03 bits per heavy atom. The molecule has 2 heterocycles. The van der Waals surface area contributed by atoms with Gasteiger partial charge in [-0.15, -0.1) is 0 Å². The number of halogens is 2. The van der Waals surface area contributed by atoms with E-state index in [9.17, 15) is 9.59 Å². The van der Waals surface area contributed by atoms with Gasteiger partial charge in [0, 0.05) is 27.8 Å². The Labute approximate surface area is 193 Å². The molecule has 2 aliphatic heterocycles. The third kappa shape index (κ3) is 2.97. The van der Waals surface area contributed by atoms with Gasteiger partial charge in [-0.3, -0.25) is 9.59 Å². The minimum atomic E-state index is -0.980. The number of anilines is 1. The zero-order valence-corrected chi connectivity index (χ0v) is 18.9.